The van der Waals surface area contributed by atoms with E-state index in [9.17, 15) is 14.7 Å². The zero-order valence-electron chi connectivity index (χ0n) is 24.8. The SMILES string of the molecule is CCCCN(CCCCN(C)C)C(=O)CN1CC(c2cc(OC)c3c(c2)OCO3)C(C(=O)O)C1CCn1ccnc1. The number of carboxylic acid groups (broad SMARTS) is 1. The molecule has 0 aliphatic carbocycles. The molecule has 1 fully saturated rings. The fraction of sp³-hybridized carbons (Fsp3) is 0.633. The number of carbonyl (C=O) groups excluding carboxylic acids is 1. The number of rotatable bonds is 16. The maximum absolute atomic E-state index is 13.7. The van der Waals surface area contributed by atoms with Crippen LogP contribution in [0.2, 0.25) is 0 Å². The molecule has 2 aliphatic heterocycles. The average molecular weight is 572 g/mol. The molecule has 0 spiro atoms. The molecule has 2 aliphatic rings. The average Bonchev–Trinajstić information content (AvgIpc) is 3.70. The fourth-order valence-electron chi connectivity index (χ4n) is 5.97. The van der Waals surface area contributed by atoms with Crippen LogP contribution in [0.1, 0.15) is 50.5 Å². The highest BCUT2D eigenvalue weighted by atomic mass is 16.7. The summed E-state index contributed by atoms with van der Waals surface area (Å²) in [5.74, 6) is -0.261. The number of fused-ring (bicyclic) bond motifs is 1. The third-order valence-electron chi connectivity index (χ3n) is 8.14. The lowest BCUT2D eigenvalue weighted by Gasteiger charge is -2.30. The van der Waals surface area contributed by atoms with Gasteiger partial charge in [-0.2, -0.15) is 0 Å². The number of nitrogens with zero attached hydrogens (tertiary/aromatic N) is 5. The lowest BCUT2D eigenvalue weighted by molar-refractivity contribution is -0.144. The summed E-state index contributed by atoms with van der Waals surface area (Å²) in [6, 6.07) is 3.38. The summed E-state index contributed by atoms with van der Waals surface area (Å²) in [4.78, 5) is 36.9. The maximum Gasteiger partial charge on any atom is 0.308 e. The molecule has 11 heteroatoms. The van der Waals surface area contributed by atoms with Gasteiger partial charge in [0, 0.05) is 50.5 Å². The minimum absolute atomic E-state index is 0.0592. The Labute approximate surface area is 243 Å². The lowest BCUT2D eigenvalue weighted by Crippen LogP contribution is -2.45. The van der Waals surface area contributed by atoms with Crippen LogP contribution in [0.5, 0.6) is 17.2 Å². The number of imidazole rings is 1. The highest BCUT2D eigenvalue weighted by molar-refractivity contribution is 5.79. The Morgan fingerprint density at radius 3 is 2.61 bits per heavy atom. The largest absolute Gasteiger partial charge is 0.493 e. The molecule has 226 valence electrons. The van der Waals surface area contributed by atoms with Gasteiger partial charge >= 0.3 is 5.97 Å². The van der Waals surface area contributed by atoms with E-state index in [0.29, 0.717) is 43.3 Å². The fourth-order valence-corrected chi connectivity index (χ4v) is 5.97. The number of methoxy groups -OCH3 is 1. The molecule has 41 heavy (non-hydrogen) atoms. The molecule has 1 amide bonds. The summed E-state index contributed by atoms with van der Waals surface area (Å²) in [5.41, 5.74) is 0.813. The van der Waals surface area contributed by atoms with Gasteiger partial charge in [0.1, 0.15) is 0 Å². The van der Waals surface area contributed by atoms with Crippen LogP contribution in [0.15, 0.2) is 30.9 Å². The van der Waals surface area contributed by atoms with Crippen molar-refractivity contribution in [3.05, 3.63) is 36.4 Å². The van der Waals surface area contributed by atoms with E-state index in [1.54, 1.807) is 19.6 Å². The van der Waals surface area contributed by atoms with Crippen LogP contribution in [-0.4, -0.2) is 108 Å². The number of benzene rings is 1. The Morgan fingerprint density at radius 1 is 1.15 bits per heavy atom. The van der Waals surface area contributed by atoms with Crippen LogP contribution in [-0.2, 0) is 16.1 Å². The lowest BCUT2D eigenvalue weighted by atomic mass is 9.84. The first-order valence-corrected chi connectivity index (χ1v) is 14.6. The van der Waals surface area contributed by atoms with Crippen LogP contribution < -0.4 is 14.2 Å². The molecular weight excluding hydrogens is 526 g/mol. The maximum atomic E-state index is 13.7. The highest BCUT2D eigenvalue weighted by Gasteiger charge is 2.47. The highest BCUT2D eigenvalue weighted by Crippen LogP contribution is 2.47. The molecule has 3 atom stereocenters. The number of hydrogen-bond acceptors (Lipinski definition) is 8. The summed E-state index contributed by atoms with van der Waals surface area (Å²) in [6.07, 6.45) is 9.82. The molecule has 4 rings (SSSR count). The second-order valence-corrected chi connectivity index (χ2v) is 11.3. The van der Waals surface area contributed by atoms with Crippen LogP contribution in [0, 0.1) is 5.92 Å². The number of aromatic nitrogens is 2. The van der Waals surface area contributed by atoms with E-state index < -0.39 is 11.9 Å². The first kappa shape index (κ1) is 30.6. The third-order valence-corrected chi connectivity index (χ3v) is 8.14. The monoisotopic (exact) mass is 571 g/mol. The minimum Gasteiger partial charge on any atom is -0.493 e. The predicted octanol–water partition coefficient (Wildman–Crippen LogP) is 3.15. The minimum atomic E-state index is -0.872. The van der Waals surface area contributed by atoms with Gasteiger partial charge in [-0.25, -0.2) is 4.98 Å². The number of likely N-dealkylation sites (tertiary alicyclic amines) is 1. The van der Waals surface area contributed by atoms with E-state index in [2.05, 4.69) is 35.8 Å². The quantitative estimate of drug-likeness (QED) is 0.304. The number of amides is 1. The molecule has 1 aromatic heterocycles. The zero-order chi connectivity index (χ0) is 29.4. The predicted molar refractivity (Wildman–Crippen MR) is 154 cm³/mol. The Kier molecular flexibility index (Phi) is 10.9. The van der Waals surface area contributed by atoms with Gasteiger partial charge in [0.2, 0.25) is 18.4 Å². The summed E-state index contributed by atoms with van der Waals surface area (Å²) in [7, 11) is 5.68. The number of unbranched alkanes of at least 4 members (excludes halogenated alkanes) is 2. The summed E-state index contributed by atoms with van der Waals surface area (Å²) in [5, 5.41) is 10.5. The Morgan fingerprint density at radius 2 is 1.93 bits per heavy atom. The zero-order valence-corrected chi connectivity index (χ0v) is 24.8. The molecule has 11 nitrogen and oxygen atoms in total. The van der Waals surface area contributed by atoms with Crippen molar-refractivity contribution in [1.82, 2.24) is 24.3 Å². The van der Waals surface area contributed by atoms with Gasteiger partial charge in [-0.3, -0.25) is 14.5 Å². The van der Waals surface area contributed by atoms with Crippen molar-refractivity contribution in [3.8, 4) is 17.2 Å². The Balaban J connectivity index is 1.58. The molecule has 2 aromatic rings. The molecule has 1 N–H and O–H groups in total. The van der Waals surface area contributed by atoms with E-state index in [0.717, 1.165) is 44.3 Å². The van der Waals surface area contributed by atoms with Crippen molar-refractivity contribution in [2.75, 3.05) is 60.7 Å². The van der Waals surface area contributed by atoms with Gasteiger partial charge in [-0.05, 0) is 64.0 Å². The smallest absolute Gasteiger partial charge is 0.308 e. The Hall–Kier alpha value is -3.31. The topological polar surface area (TPSA) is 110 Å². The molecule has 1 aromatic carbocycles. The number of hydrogen-bond donors (Lipinski definition) is 1. The number of ether oxygens (including phenoxy) is 3. The molecule has 3 heterocycles. The molecule has 0 radical (unpaired) electrons. The van der Waals surface area contributed by atoms with Crippen molar-refractivity contribution in [2.45, 2.75) is 57.5 Å². The van der Waals surface area contributed by atoms with Crippen LogP contribution in [0.25, 0.3) is 0 Å². The van der Waals surface area contributed by atoms with Crippen molar-refractivity contribution in [2.24, 2.45) is 5.92 Å². The van der Waals surface area contributed by atoms with E-state index in [-0.39, 0.29) is 31.2 Å². The second-order valence-electron chi connectivity index (χ2n) is 11.3. The van der Waals surface area contributed by atoms with Crippen LogP contribution in [0.3, 0.4) is 0 Å². The van der Waals surface area contributed by atoms with Crippen molar-refractivity contribution >= 4 is 11.9 Å². The van der Waals surface area contributed by atoms with Gasteiger partial charge in [-0.1, -0.05) is 13.3 Å². The number of carbonyl (C=O) groups is 2. The molecular formula is C30H45N5O6. The van der Waals surface area contributed by atoms with E-state index in [1.807, 2.05) is 27.8 Å². The standard InChI is InChI=1S/C30H45N5O6/c1-5-6-12-34(13-8-7-11-32(2)3)27(36)19-35-18-23(22-16-25(39-4)29-26(17-22)40-21-41-29)28(30(37)38)24(35)9-14-33-15-10-31-20-33/h10,15-17,20,23-24,28H,5-9,11-14,18-19,21H2,1-4H3,(H,37,38). The first-order valence-electron chi connectivity index (χ1n) is 14.6. The summed E-state index contributed by atoms with van der Waals surface area (Å²) < 4.78 is 18.7. The van der Waals surface area contributed by atoms with Crippen molar-refractivity contribution in [1.29, 1.82) is 0 Å². The molecule has 3 unspecified atom stereocenters. The van der Waals surface area contributed by atoms with Gasteiger partial charge in [0.05, 0.1) is 25.9 Å². The van der Waals surface area contributed by atoms with E-state index in [1.165, 1.54) is 0 Å². The number of aliphatic carboxylic acids is 1. The van der Waals surface area contributed by atoms with Crippen LogP contribution >= 0.6 is 0 Å². The number of carboxylic acids is 1. The van der Waals surface area contributed by atoms with Gasteiger partial charge in [-0.15, -0.1) is 0 Å². The van der Waals surface area contributed by atoms with E-state index in [4.69, 9.17) is 14.2 Å². The van der Waals surface area contributed by atoms with Crippen LogP contribution in [0.4, 0.5) is 0 Å². The summed E-state index contributed by atoms with van der Waals surface area (Å²) in [6.45, 7) is 5.89. The summed E-state index contributed by atoms with van der Waals surface area (Å²) >= 11 is 0. The van der Waals surface area contributed by atoms with Gasteiger partial charge in [0.15, 0.2) is 11.5 Å². The number of aryl methyl sites for hydroxylation is 1. The molecule has 0 bridgehead atoms. The second kappa shape index (κ2) is 14.5. The third kappa shape index (κ3) is 7.71. The van der Waals surface area contributed by atoms with Crippen molar-refractivity contribution in [3.63, 3.8) is 0 Å². The van der Waals surface area contributed by atoms with E-state index >= 15 is 0 Å². The molecule has 0 saturated carbocycles. The molecule has 1 saturated heterocycles. The first-order chi connectivity index (χ1) is 19.8. The normalized spacial score (nSPS) is 20.1. The Bertz CT molecular complexity index is 1140. The van der Waals surface area contributed by atoms with Gasteiger partial charge < -0.3 is 33.7 Å². The van der Waals surface area contributed by atoms with Gasteiger partial charge in [0.25, 0.3) is 0 Å². The van der Waals surface area contributed by atoms with Crippen molar-refractivity contribution < 1.29 is 28.9 Å².